The molecule has 2 saturated heterocycles. The van der Waals surface area contributed by atoms with Crippen molar-refractivity contribution >= 4 is 22.8 Å². The molecule has 2 aliphatic heterocycles. The third kappa shape index (κ3) is 4.50. The van der Waals surface area contributed by atoms with E-state index in [1.165, 1.54) is 0 Å². The lowest BCUT2D eigenvalue weighted by Crippen LogP contribution is -2.53. The summed E-state index contributed by atoms with van der Waals surface area (Å²) >= 11 is 0. The summed E-state index contributed by atoms with van der Waals surface area (Å²) in [5, 5.41) is 0. The van der Waals surface area contributed by atoms with Crippen molar-refractivity contribution in [2.24, 2.45) is 13.0 Å². The molecule has 3 aromatic rings. The van der Waals surface area contributed by atoms with Crippen LogP contribution in [-0.2, 0) is 18.4 Å². The molecule has 2 aliphatic rings. The number of carbonyl (C=O) groups excluding carboxylic acids is 2. The largest absolute Gasteiger partial charge is 0.339 e. The summed E-state index contributed by atoms with van der Waals surface area (Å²) in [4.78, 5) is 36.8. The second-order valence-corrected chi connectivity index (χ2v) is 9.11. The van der Waals surface area contributed by atoms with Crippen molar-refractivity contribution in [3.63, 3.8) is 0 Å². The smallest absolute Gasteiger partial charge is 0.253 e. The number of benzene rings is 2. The van der Waals surface area contributed by atoms with E-state index in [-0.39, 0.29) is 17.7 Å². The minimum atomic E-state index is 0.0537. The van der Waals surface area contributed by atoms with Crippen LogP contribution in [-0.4, -0.2) is 75.3 Å². The number of piperidine rings is 1. The van der Waals surface area contributed by atoms with Crippen LogP contribution in [0.4, 0.5) is 0 Å². The van der Waals surface area contributed by atoms with Crippen molar-refractivity contribution < 1.29 is 9.59 Å². The lowest BCUT2D eigenvalue weighted by Gasteiger charge is -2.38. The van der Waals surface area contributed by atoms with Gasteiger partial charge in [-0.2, -0.15) is 0 Å². The van der Waals surface area contributed by atoms with E-state index in [0.717, 1.165) is 49.3 Å². The Morgan fingerprint density at radius 3 is 2.18 bits per heavy atom. The first-order valence-electron chi connectivity index (χ1n) is 11.9. The zero-order chi connectivity index (χ0) is 22.8. The lowest BCUT2D eigenvalue weighted by molar-refractivity contribution is -0.138. The molecule has 3 heterocycles. The maximum Gasteiger partial charge on any atom is 0.253 e. The van der Waals surface area contributed by atoms with Crippen molar-refractivity contribution in [2.75, 3.05) is 39.3 Å². The molecular formula is C26H31N5O2. The molecule has 0 atom stereocenters. The van der Waals surface area contributed by atoms with Crippen LogP contribution in [0.15, 0.2) is 54.6 Å². The van der Waals surface area contributed by atoms with Gasteiger partial charge >= 0.3 is 0 Å². The Kier molecular flexibility index (Phi) is 6.13. The highest BCUT2D eigenvalue weighted by Gasteiger charge is 2.31. The first kappa shape index (κ1) is 21.6. The van der Waals surface area contributed by atoms with E-state index in [9.17, 15) is 9.59 Å². The molecule has 0 bridgehead atoms. The molecular weight excluding hydrogens is 414 g/mol. The number of hydrogen-bond donors (Lipinski definition) is 0. The summed E-state index contributed by atoms with van der Waals surface area (Å²) in [6.45, 7) is 5.08. The van der Waals surface area contributed by atoms with E-state index in [4.69, 9.17) is 4.98 Å². The second-order valence-electron chi connectivity index (χ2n) is 9.11. The average molecular weight is 446 g/mol. The van der Waals surface area contributed by atoms with Crippen molar-refractivity contribution in [2.45, 2.75) is 19.4 Å². The number of nitrogens with zero attached hydrogens (tertiary/aromatic N) is 5. The molecule has 172 valence electrons. The third-order valence-corrected chi connectivity index (χ3v) is 7.08. The fraction of sp³-hybridized carbons (Fsp3) is 0.423. The molecule has 0 radical (unpaired) electrons. The van der Waals surface area contributed by atoms with E-state index in [1.54, 1.807) is 0 Å². The topological polar surface area (TPSA) is 61.7 Å². The van der Waals surface area contributed by atoms with Crippen LogP contribution in [0.25, 0.3) is 11.0 Å². The van der Waals surface area contributed by atoms with E-state index >= 15 is 0 Å². The van der Waals surface area contributed by atoms with Gasteiger partial charge in [0.2, 0.25) is 5.91 Å². The molecule has 0 unspecified atom stereocenters. The predicted octanol–water partition coefficient (Wildman–Crippen LogP) is 2.77. The average Bonchev–Trinajstić information content (AvgIpc) is 3.19. The fourth-order valence-electron chi connectivity index (χ4n) is 5.03. The Bertz CT molecular complexity index is 1130. The summed E-state index contributed by atoms with van der Waals surface area (Å²) in [7, 11) is 2.07. The Labute approximate surface area is 194 Å². The van der Waals surface area contributed by atoms with Gasteiger partial charge in [0.1, 0.15) is 5.82 Å². The van der Waals surface area contributed by atoms with Gasteiger partial charge in [-0.1, -0.05) is 30.3 Å². The second kappa shape index (κ2) is 9.35. The lowest BCUT2D eigenvalue weighted by atomic mass is 9.95. The predicted molar refractivity (Wildman–Crippen MR) is 128 cm³/mol. The number of rotatable bonds is 4. The number of fused-ring (bicyclic) bond motifs is 1. The maximum atomic E-state index is 13.1. The molecule has 5 rings (SSSR count). The van der Waals surface area contributed by atoms with Gasteiger partial charge in [0.25, 0.3) is 5.91 Å². The highest BCUT2D eigenvalue weighted by molar-refractivity contribution is 5.94. The molecule has 0 saturated carbocycles. The molecule has 2 fully saturated rings. The van der Waals surface area contributed by atoms with E-state index in [1.807, 2.05) is 52.3 Å². The van der Waals surface area contributed by atoms with E-state index in [2.05, 4.69) is 28.6 Å². The molecule has 33 heavy (non-hydrogen) atoms. The normalized spacial score (nSPS) is 18.1. The maximum absolute atomic E-state index is 13.1. The molecule has 2 aromatic carbocycles. The van der Waals surface area contributed by atoms with Crippen LogP contribution in [0.5, 0.6) is 0 Å². The van der Waals surface area contributed by atoms with Gasteiger partial charge in [0.15, 0.2) is 0 Å². The Morgan fingerprint density at radius 1 is 0.848 bits per heavy atom. The zero-order valence-corrected chi connectivity index (χ0v) is 19.2. The van der Waals surface area contributed by atoms with Crippen LogP contribution >= 0.6 is 0 Å². The highest BCUT2D eigenvalue weighted by Crippen LogP contribution is 2.23. The first-order valence-corrected chi connectivity index (χ1v) is 11.9. The number of hydrogen-bond acceptors (Lipinski definition) is 4. The SMILES string of the molecule is Cn1c(CN2CCC(C(=O)N3CCN(C(=O)c4ccccc4)CC3)CC2)nc2ccccc21. The molecule has 0 aliphatic carbocycles. The monoisotopic (exact) mass is 445 g/mol. The molecule has 0 spiro atoms. The minimum absolute atomic E-state index is 0.0537. The van der Waals surface area contributed by atoms with Gasteiger partial charge < -0.3 is 14.4 Å². The standard InChI is InChI=1S/C26H31N5O2/c1-28-23-10-6-5-9-22(23)27-24(28)19-29-13-11-21(12-14-29)26(33)31-17-15-30(16-18-31)25(32)20-7-3-2-4-8-20/h2-10,21H,11-19H2,1H3. The molecule has 1 aromatic heterocycles. The summed E-state index contributed by atoms with van der Waals surface area (Å²) in [5.74, 6) is 1.46. The van der Waals surface area contributed by atoms with Gasteiger partial charge in [0, 0.05) is 44.7 Å². The van der Waals surface area contributed by atoms with E-state index in [0.29, 0.717) is 31.7 Å². The number of carbonyl (C=O) groups is 2. The van der Waals surface area contributed by atoms with Gasteiger partial charge in [-0.05, 0) is 50.2 Å². The number of aromatic nitrogens is 2. The summed E-state index contributed by atoms with van der Waals surface area (Å²) in [6, 6.07) is 17.6. The summed E-state index contributed by atoms with van der Waals surface area (Å²) < 4.78 is 2.17. The van der Waals surface area contributed by atoms with Crippen molar-refractivity contribution in [1.29, 1.82) is 0 Å². The molecule has 7 nitrogen and oxygen atoms in total. The molecule has 7 heteroatoms. The first-order chi connectivity index (χ1) is 16.1. The third-order valence-electron chi connectivity index (χ3n) is 7.08. The quantitative estimate of drug-likeness (QED) is 0.620. The number of likely N-dealkylation sites (tertiary alicyclic amines) is 1. The van der Waals surface area contributed by atoms with Gasteiger partial charge in [0.05, 0.1) is 17.6 Å². The molecule has 0 N–H and O–H groups in total. The van der Waals surface area contributed by atoms with Crippen LogP contribution in [0.3, 0.4) is 0 Å². The number of piperazine rings is 1. The Morgan fingerprint density at radius 2 is 1.48 bits per heavy atom. The molecule has 2 amide bonds. The Hall–Kier alpha value is -3.19. The van der Waals surface area contributed by atoms with Gasteiger partial charge in [-0.15, -0.1) is 0 Å². The number of aryl methyl sites for hydroxylation is 1. The van der Waals surface area contributed by atoms with Crippen LogP contribution in [0, 0.1) is 5.92 Å². The van der Waals surface area contributed by atoms with Gasteiger partial charge in [-0.25, -0.2) is 4.98 Å². The Balaban J connectivity index is 1.11. The van der Waals surface area contributed by atoms with Crippen LogP contribution < -0.4 is 0 Å². The number of amides is 2. The highest BCUT2D eigenvalue weighted by atomic mass is 16.2. The van der Waals surface area contributed by atoms with Crippen molar-refractivity contribution in [1.82, 2.24) is 24.3 Å². The number of para-hydroxylation sites is 2. The number of imidazole rings is 1. The van der Waals surface area contributed by atoms with Crippen LogP contribution in [0.2, 0.25) is 0 Å². The summed E-state index contributed by atoms with van der Waals surface area (Å²) in [5.41, 5.74) is 2.90. The van der Waals surface area contributed by atoms with Gasteiger partial charge in [-0.3, -0.25) is 14.5 Å². The van der Waals surface area contributed by atoms with E-state index < -0.39 is 0 Å². The van der Waals surface area contributed by atoms with Crippen molar-refractivity contribution in [3.8, 4) is 0 Å². The van der Waals surface area contributed by atoms with Crippen LogP contribution in [0.1, 0.15) is 29.0 Å². The minimum Gasteiger partial charge on any atom is -0.339 e. The summed E-state index contributed by atoms with van der Waals surface area (Å²) in [6.07, 6.45) is 1.76. The zero-order valence-electron chi connectivity index (χ0n) is 19.2. The fourth-order valence-corrected chi connectivity index (χ4v) is 5.03. The van der Waals surface area contributed by atoms with Crippen molar-refractivity contribution in [3.05, 3.63) is 66.0 Å².